The standard InChI is InChI=1S/C18H21F2N3O/c1-5-23(4)11-21-17-6-7-18(22-12(17)2)24-13(3)14-8-15(19)10-16(20)9-14/h6-11,13H,5H2,1-4H3/t13-/m1/s1. The van der Waals surface area contributed by atoms with Crippen LogP contribution in [0.3, 0.4) is 0 Å². The predicted octanol–water partition coefficient (Wildman–Crippen LogP) is 4.42. The van der Waals surface area contributed by atoms with Gasteiger partial charge in [-0.3, -0.25) is 0 Å². The van der Waals surface area contributed by atoms with Gasteiger partial charge < -0.3 is 9.64 Å². The van der Waals surface area contributed by atoms with E-state index in [2.05, 4.69) is 9.98 Å². The summed E-state index contributed by atoms with van der Waals surface area (Å²) in [5, 5.41) is 0. The van der Waals surface area contributed by atoms with Gasteiger partial charge in [-0.15, -0.1) is 0 Å². The number of pyridine rings is 1. The molecule has 128 valence electrons. The maximum Gasteiger partial charge on any atom is 0.214 e. The van der Waals surface area contributed by atoms with E-state index in [4.69, 9.17) is 4.74 Å². The quantitative estimate of drug-likeness (QED) is 0.580. The molecule has 1 aromatic carbocycles. The van der Waals surface area contributed by atoms with Gasteiger partial charge in [0.05, 0.1) is 17.7 Å². The summed E-state index contributed by atoms with van der Waals surface area (Å²) in [6.07, 6.45) is 1.21. The van der Waals surface area contributed by atoms with Crippen LogP contribution in [0.25, 0.3) is 0 Å². The minimum atomic E-state index is -0.630. The molecule has 24 heavy (non-hydrogen) atoms. The molecule has 2 aromatic rings. The molecule has 0 amide bonds. The molecule has 0 radical (unpaired) electrons. The van der Waals surface area contributed by atoms with E-state index in [0.29, 0.717) is 17.1 Å². The number of halogens is 2. The Bertz CT molecular complexity index is 714. The Morgan fingerprint density at radius 3 is 2.50 bits per heavy atom. The van der Waals surface area contributed by atoms with Crippen LogP contribution in [0.15, 0.2) is 35.3 Å². The molecule has 6 heteroatoms. The third-order valence-corrected chi connectivity index (χ3v) is 3.58. The second kappa shape index (κ2) is 7.86. The number of rotatable bonds is 6. The first-order valence-electron chi connectivity index (χ1n) is 7.73. The van der Waals surface area contributed by atoms with Crippen molar-refractivity contribution in [2.75, 3.05) is 13.6 Å². The van der Waals surface area contributed by atoms with Crippen molar-refractivity contribution in [3.8, 4) is 5.88 Å². The van der Waals surface area contributed by atoms with Gasteiger partial charge in [0.25, 0.3) is 0 Å². The molecule has 0 saturated heterocycles. The maximum absolute atomic E-state index is 13.3. The van der Waals surface area contributed by atoms with Gasteiger partial charge in [0.2, 0.25) is 5.88 Å². The zero-order valence-corrected chi connectivity index (χ0v) is 14.3. The van der Waals surface area contributed by atoms with Crippen LogP contribution < -0.4 is 4.74 Å². The number of aromatic nitrogens is 1. The van der Waals surface area contributed by atoms with E-state index in [1.165, 1.54) is 12.1 Å². The third-order valence-electron chi connectivity index (χ3n) is 3.58. The highest BCUT2D eigenvalue weighted by molar-refractivity contribution is 5.62. The average Bonchev–Trinajstić information content (AvgIpc) is 2.52. The van der Waals surface area contributed by atoms with Crippen molar-refractivity contribution < 1.29 is 13.5 Å². The van der Waals surface area contributed by atoms with Gasteiger partial charge in [0, 0.05) is 25.7 Å². The van der Waals surface area contributed by atoms with E-state index in [1.807, 2.05) is 25.8 Å². The van der Waals surface area contributed by atoms with Crippen molar-refractivity contribution in [2.24, 2.45) is 4.99 Å². The molecule has 0 bridgehead atoms. The molecule has 2 rings (SSSR count). The first kappa shape index (κ1) is 17.8. The molecule has 0 aliphatic heterocycles. The molecule has 1 aromatic heterocycles. The number of benzene rings is 1. The summed E-state index contributed by atoms with van der Waals surface area (Å²) in [4.78, 5) is 10.7. The Morgan fingerprint density at radius 2 is 1.92 bits per heavy atom. The lowest BCUT2D eigenvalue weighted by Gasteiger charge is -2.15. The van der Waals surface area contributed by atoms with Crippen molar-refractivity contribution >= 4 is 12.0 Å². The molecule has 0 spiro atoms. The van der Waals surface area contributed by atoms with E-state index < -0.39 is 17.7 Å². The van der Waals surface area contributed by atoms with E-state index in [1.54, 1.807) is 25.4 Å². The highest BCUT2D eigenvalue weighted by atomic mass is 19.1. The van der Waals surface area contributed by atoms with Crippen molar-refractivity contribution in [1.29, 1.82) is 0 Å². The first-order chi connectivity index (χ1) is 11.4. The minimum absolute atomic E-state index is 0.382. The second-order valence-corrected chi connectivity index (χ2v) is 5.53. The summed E-state index contributed by atoms with van der Waals surface area (Å²) in [6.45, 7) is 6.44. The molecule has 4 nitrogen and oxygen atoms in total. The summed E-state index contributed by atoms with van der Waals surface area (Å²) >= 11 is 0. The Morgan fingerprint density at radius 1 is 1.25 bits per heavy atom. The molecule has 1 heterocycles. The molecule has 0 unspecified atom stereocenters. The molecule has 0 aliphatic rings. The molecule has 0 fully saturated rings. The van der Waals surface area contributed by atoms with Gasteiger partial charge in [-0.05, 0) is 44.5 Å². The van der Waals surface area contributed by atoms with Crippen LogP contribution in [0, 0.1) is 18.6 Å². The van der Waals surface area contributed by atoms with E-state index in [-0.39, 0.29) is 0 Å². The zero-order chi connectivity index (χ0) is 17.7. The van der Waals surface area contributed by atoms with Gasteiger partial charge >= 0.3 is 0 Å². The van der Waals surface area contributed by atoms with Gasteiger partial charge in [-0.2, -0.15) is 0 Å². The van der Waals surface area contributed by atoms with Crippen LogP contribution in [0.5, 0.6) is 5.88 Å². The van der Waals surface area contributed by atoms with Crippen molar-refractivity contribution in [3.05, 3.63) is 53.2 Å². The molecular formula is C18H21F2N3O. The van der Waals surface area contributed by atoms with Crippen molar-refractivity contribution in [3.63, 3.8) is 0 Å². The maximum atomic E-state index is 13.3. The van der Waals surface area contributed by atoms with Crippen LogP contribution >= 0.6 is 0 Å². The Kier molecular flexibility index (Phi) is 5.84. The lowest BCUT2D eigenvalue weighted by atomic mass is 10.1. The fourth-order valence-electron chi connectivity index (χ4n) is 2.03. The van der Waals surface area contributed by atoms with E-state index in [9.17, 15) is 8.78 Å². The number of aliphatic imine (C=N–C) groups is 1. The fourth-order valence-corrected chi connectivity index (χ4v) is 2.03. The molecule has 0 aliphatic carbocycles. The molecule has 1 atom stereocenters. The summed E-state index contributed by atoms with van der Waals surface area (Å²) in [5.41, 5.74) is 1.87. The lowest BCUT2D eigenvalue weighted by Crippen LogP contribution is -2.14. The third kappa shape index (κ3) is 4.75. The van der Waals surface area contributed by atoms with Crippen LogP contribution in [-0.2, 0) is 0 Å². The van der Waals surface area contributed by atoms with Crippen LogP contribution in [0.2, 0.25) is 0 Å². The Hall–Kier alpha value is -2.50. The van der Waals surface area contributed by atoms with Gasteiger partial charge in [-0.1, -0.05) is 0 Å². The number of ether oxygens (including phenoxy) is 1. The average molecular weight is 333 g/mol. The zero-order valence-electron chi connectivity index (χ0n) is 14.3. The highest BCUT2D eigenvalue weighted by Gasteiger charge is 2.12. The van der Waals surface area contributed by atoms with E-state index in [0.717, 1.165) is 18.3 Å². The Labute approximate surface area is 140 Å². The topological polar surface area (TPSA) is 37.7 Å². The molecule has 0 N–H and O–H groups in total. The normalized spacial score (nSPS) is 12.4. The highest BCUT2D eigenvalue weighted by Crippen LogP contribution is 2.25. The monoisotopic (exact) mass is 333 g/mol. The van der Waals surface area contributed by atoms with Crippen molar-refractivity contribution in [1.82, 2.24) is 9.88 Å². The fraction of sp³-hybridized carbons (Fsp3) is 0.333. The largest absolute Gasteiger partial charge is 0.470 e. The molecular weight excluding hydrogens is 312 g/mol. The first-order valence-corrected chi connectivity index (χ1v) is 7.73. The van der Waals surface area contributed by atoms with Gasteiger partial charge in [0.15, 0.2) is 0 Å². The smallest absolute Gasteiger partial charge is 0.214 e. The van der Waals surface area contributed by atoms with E-state index >= 15 is 0 Å². The Balaban J connectivity index is 2.12. The van der Waals surface area contributed by atoms with Crippen LogP contribution in [-0.4, -0.2) is 29.8 Å². The van der Waals surface area contributed by atoms with Gasteiger partial charge in [0.1, 0.15) is 17.7 Å². The summed E-state index contributed by atoms with van der Waals surface area (Å²) in [6, 6.07) is 6.83. The SMILES string of the molecule is CCN(C)C=Nc1ccc(O[C@H](C)c2cc(F)cc(F)c2)nc1C. The lowest BCUT2D eigenvalue weighted by molar-refractivity contribution is 0.216. The molecule has 0 saturated carbocycles. The second-order valence-electron chi connectivity index (χ2n) is 5.53. The van der Waals surface area contributed by atoms with Crippen LogP contribution in [0.4, 0.5) is 14.5 Å². The number of hydrogen-bond donors (Lipinski definition) is 0. The summed E-state index contributed by atoms with van der Waals surface area (Å²) in [5.74, 6) is -0.879. The minimum Gasteiger partial charge on any atom is -0.470 e. The van der Waals surface area contributed by atoms with Crippen molar-refractivity contribution in [2.45, 2.75) is 26.9 Å². The number of nitrogens with zero attached hydrogens (tertiary/aromatic N) is 3. The predicted molar refractivity (Wildman–Crippen MR) is 90.8 cm³/mol. The number of hydrogen-bond acceptors (Lipinski definition) is 3. The van der Waals surface area contributed by atoms with Gasteiger partial charge in [-0.25, -0.2) is 18.8 Å². The van der Waals surface area contributed by atoms with Crippen LogP contribution in [0.1, 0.15) is 31.2 Å². The summed E-state index contributed by atoms with van der Waals surface area (Å²) < 4.78 is 32.3. The summed E-state index contributed by atoms with van der Waals surface area (Å²) in [7, 11) is 1.93. The number of aryl methyl sites for hydroxylation is 1.